The third-order valence-corrected chi connectivity index (χ3v) is 13.2. The fourth-order valence-corrected chi connectivity index (χ4v) is 8.78. The third-order valence-electron chi connectivity index (χ3n) is 13.2. The van der Waals surface area contributed by atoms with Crippen LogP contribution in [0.1, 0.15) is 258 Å². The van der Waals surface area contributed by atoms with E-state index in [0.29, 0.717) is 6.42 Å². The first-order chi connectivity index (χ1) is 31.8. The van der Waals surface area contributed by atoms with Crippen LogP contribution in [0.25, 0.3) is 0 Å². The van der Waals surface area contributed by atoms with Crippen LogP contribution in [0.4, 0.5) is 0 Å². The van der Waals surface area contributed by atoms with E-state index in [1.54, 1.807) is 6.08 Å². The standard InChI is InChI=1S/C56H105NO8/c1-3-5-7-9-11-13-15-17-19-21-22-23-24-25-26-27-28-30-32-34-36-38-40-42-44-46-52(60)57-49(48-64-56-55(63)54(62)53(61)51(47-58)65-56)50(59)45-43-41-39-37-35-33-31-29-20-18-16-14-12-10-8-6-4-2/h15,17,21-22,43,45,49-51,53-56,58-59,61-63H,3-14,16,18-20,23-42,44,46-48H2,1-2H3,(H,57,60)/b17-15-,22-21-,45-43+. The van der Waals surface area contributed by atoms with Gasteiger partial charge in [0.05, 0.1) is 25.4 Å². The molecule has 9 nitrogen and oxygen atoms in total. The summed E-state index contributed by atoms with van der Waals surface area (Å²) in [6, 6.07) is -0.804. The summed E-state index contributed by atoms with van der Waals surface area (Å²) in [5, 5.41) is 54.4. The van der Waals surface area contributed by atoms with Crippen LogP contribution >= 0.6 is 0 Å². The highest BCUT2D eigenvalue weighted by Gasteiger charge is 2.44. The van der Waals surface area contributed by atoms with Gasteiger partial charge in [0, 0.05) is 6.42 Å². The predicted molar refractivity (Wildman–Crippen MR) is 272 cm³/mol. The number of rotatable bonds is 47. The molecular formula is C56H105NO8. The maximum atomic E-state index is 13.0. The molecule has 0 aliphatic carbocycles. The minimum absolute atomic E-state index is 0.176. The molecule has 1 heterocycles. The highest BCUT2D eigenvalue weighted by atomic mass is 16.7. The van der Waals surface area contributed by atoms with Crippen molar-refractivity contribution in [1.82, 2.24) is 5.32 Å². The van der Waals surface area contributed by atoms with Crippen LogP contribution in [0.3, 0.4) is 0 Å². The fraction of sp³-hybridized carbons (Fsp3) is 0.875. The molecule has 1 aliphatic heterocycles. The smallest absolute Gasteiger partial charge is 0.220 e. The number of carbonyl (C=O) groups excluding carboxylic acids is 1. The van der Waals surface area contributed by atoms with Crippen molar-refractivity contribution in [1.29, 1.82) is 0 Å². The van der Waals surface area contributed by atoms with Crippen LogP contribution in [0.5, 0.6) is 0 Å². The summed E-state index contributed by atoms with van der Waals surface area (Å²) in [4.78, 5) is 13.0. The molecule has 0 aromatic heterocycles. The van der Waals surface area contributed by atoms with Gasteiger partial charge < -0.3 is 40.3 Å². The molecule has 382 valence electrons. The van der Waals surface area contributed by atoms with Crippen molar-refractivity contribution >= 4 is 5.91 Å². The first-order valence-electron chi connectivity index (χ1n) is 27.7. The van der Waals surface area contributed by atoms with Gasteiger partial charge in [0.1, 0.15) is 24.4 Å². The molecule has 1 fully saturated rings. The molecule has 7 unspecified atom stereocenters. The first kappa shape index (κ1) is 61.4. The van der Waals surface area contributed by atoms with Crippen molar-refractivity contribution < 1.29 is 39.8 Å². The van der Waals surface area contributed by atoms with Crippen LogP contribution in [0, 0.1) is 0 Å². The Hall–Kier alpha value is -1.59. The zero-order valence-corrected chi connectivity index (χ0v) is 42.3. The Bertz CT molecular complexity index is 1110. The molecule has 0 bridgehead atoms. The molecule has 9 heteroatoms. The van der Waals surface area contributed by atoms with Crippen LogP contribution < -0.4 is 5.32 Å². The minimum atomic E-state index is -1.57. The summed E-state index contributed by atoms with van der Waals surface area (Å²) >= 11 is 0. The summed E-state index contributed by atoms with van der Waals surface area (Å²) in [5.41, 5.74) is 0. The summed E-state index contributed by atoms with van der Waals surface area (Å²) in [7, 11) is 0. The molecule has 0 radical (unpaired) electrons. The van der Waals surface area contributed by atoms with E-state index in [1.807, 2.05) is 6.08 Å². The number of amides is 1. The number of nitrogens with one attached hydrogen (secondary N) is 1. The molecule has 1 aliphatic rings. The monoisotopic (exact) mass is 920 g/mol. The number of hydrogen-bond acceptors (Lipinski definition) is 8. The number of aliphatic hydroxyl groups excluding tert-OH is 5. The van der Waals surface area contributed by atoms with E-state index in [4.69, 9.17) is 9.47 Å². The largest absolute Gasteiger partial charge is 0.394 e. The second-order valence-corrected chi connectivity index (χ2v) is 19.4. The molecule has 0 spiro atoms. The second kappa shape index (κ2) is 46.2. The molecule has 0 aromatic rings. The Balaban J connectivity index is 2.23. The average Bonchev–Trinajstić information content (AvgIpc) is 3.31. The maximum Gasteiger partial charge on any atom is 0.220 e. The van der Waals surface area contributed by atoms with Crippen molar-refractivity contribution in [2.24, 2.45) is 0 Å². The van der Waals surface area contributed by atoms with Gasteiger partial charge in [-0.05, 0) is 51.4 Å². The van der Waals surface area contributed by atoms with Gasteiger partial charge in [-0.2, -0.15) is 0 Å². The van der Waals surface area contributed by atoms with E-state index < -0.39 is 49.5 Å². The second-order valence-electron chi connectivity index (χ2n) is 19.4. The summed E-state index contributed by atoms with van der Waals surface area (Å²) in [6.45, 7) is 3.79. The zero-order chi connectivity index (χ0) is 47.3. The summed E-state index contributed by atoms with van der Waals surface area (Å²) in [5.74, 6) is -0.176. The predicted octanol–water partition coefficient (Wildman–Crippen LogP) is 13.2. The number of hydrogen-bond donors (Lipinski definition) is 6. The van der Waals surface area contributed by atoms with E-state index in [-0.39, 0.29) is 12.5 Å². The number of carbonyl (C=O) groups is 1. The number of ether oxygens (including phenoxy) is 2. The Kier molecular flexibility index (Phi) is 43.6. The van der Waals surface area contributed by atoms with E-state index in [9.17, 15) is 30.3 Å². The van der Waals surface area contributed by atoms with Crippen LogP contribution in [0.2, 0.25) is 0 Å². The molecule has 65 heavy (non-hydrogen) atoms. The molecule has 0 aromatic carbocycles. The molecule has 1 saturated heterocycles. The number of aliphatic hydroxyl groups is 5. The number of allylic oxidation sites excluding steroid dienone is 5. The van der Waals surface area contributed by atoms with Gasteiger partial charge in [-0.1, -0.05) is 237 Å². The number of unbranched alkanes of at least 4 members (excludes halogenated alkanes) is 33. The average molecular weight is 920 g/mol. The van der Waals surface area contributed by atoms with Gasteiger partial charge in [0.15, 0.2) is 6.29 Å². The topological polar surface area (TPSA) is 149 Å². The van der Waals surface area contributed by atoms with E-state index >= 15 is 0 Å². The normalized spacial score (nSPS) is 20.1. The lowest BCUT2D eigenvalue weighted by atomic mass is 9.99. The van der Waals surface area contributed by atoms with Crippen molar-refractivity contribution in [3.8, 4) is 0 Å². The van der Waals surface area contributed by atoms with Crippen molar-refractivity contribution in [3.05, 3.63) is 36.5 Å². The molecule has 0 saturated carbocycles. The third kappa shape index (κ3) is 36.1. The molecule has 1 rings (SSSR count). The molecular weight excluding hydrogens is 815 g/mol. The van der Waals surface area contributed by atoms with Crippen LogP contribution in [0.15, 0.2) is 36.5 Å². The quantitative estimate of drug-likeness (QED) is 0.0261. The molecule has 7 atom stereocenters. The van der Waals surface area contributed by atoms with Crippen molar-refractivity contribution in [2.75, 3.05) is 13.2 Å². The fourth-order valence-electron chi connectivity index (χ4n) is 8.78. The van der Waals surface area contributed by atoms with E-state index in [1.165, 1.54) is 193 Å². The van der Waals surface area contributed by atoms with Crippen LogP contribution in [-0.4, -0.2) is 87.5 Å². The van der Waals surface area contributed by atoms with Crippen molar-refractivity contribution in [3.63, 3.8) is 0 Å². The van der Waals surface area contributed by atoms with Gasteiger partial charge in [-0.25, -0.2) is 0 Å². The SMILES string of the molecule is CCCCCCC/C=C\C/C=C\CCCCCCCCCCCCCCCC(=O)NC(COC1OC(CO)C(O)C(O)C1O)C(O)/C=C/CCCCCCCCCCCCCCCCC. The lowest BCUT2D eigenvalue weighted by Gasteiger charge is -2.40. The van der Waals surface area contributed by atoms with Gasteiger partial charge in [-0.3, -0.25) is 4.79 Å². The Labute approximate surface area is 400 Å². The van der Waals surface area contributed by atoms with Gasteiger partial charge in [-0.15, -0.1) is 0 Å². The molecule has 6 N–H and O–H groups in total. The summed E-state index contributed by atoms with van der Waals surface area (Å²) in [6.07, 6.45) is 52.0. The van der Waals surface area contributed by atoms with Crippen molar-refractivity contribution in [2.45, 2.75) is 301 Å². The first-order valence-corrected chi connectivity index (χ1v) is 27.7. The van der Waals surface area contributed by atoms with Gasteiger partial charge in [0.25, 0.3) is 0 Å². The van der Waals surface area contributed by atoms with E-state index in [2.05, 4.69) is 43.5 Å². The highest BCUT2D eigenvalue weighted by molar-refractivity contribution is 5.76. The Morgan fingerprint density at radius 3 is 1.32 bits per heavy atom. The highest BCUT2D eigenvalue weighted by Crippen LogP contribution is 2.23. The van der Waals surface area contributed by atoms with Gasteiger partial charge >= 0.3 is 0 Å². The zero-order valence-electron chi connectivity index (χ0n) is 42.3. The Morgan fingerprint density at radius 1 is 0.523 bits per heavy atom. The lowest BCUT2D eigenvalue weighted by Crippen LogP contribution is -2.60. The summed E-state index contributed by atoms with van der Waals surface area (Å²) < 4.78 is 11.3. The van der Waals surface area contributed by atoms with Gasteiger partial charge in [0.2, 0.25) is 5.91 Å². The molecule has 1 amide bonds. The Morgan fingerprint density at radius 2 is 0.908 bits per heavy atom. The van der Waals surface area contributed by atoms with Crippen LogP contribution in [-0.2, 0) is 14.3 Å². The lowest BCUT2D eigenvalue weighted by molar-refractivity contribution is -0.302. The maximum absolute atomic E-state index is 13.0. The minimum Gasteiger partial charge on any atom is -0.394 e. The van der Waals surface area contributed by atoms with E-state index in [0.717, 1.165) is 44.9 Å².